The smallest absolute Gasteiger partial charge is 0.336 e. The van der Waals surface area contributed by atoms with E-state index in [2.05, 4.69) is 0 Å². The molecule has 0 aliphatic carbocycles. The molecule has 2 aliphatic heterocycles. The van der Waals surface area contributed by atoms with Gasteiger partial charge in [0.1, 0.15) is 11.5 Å². The molecular weight excluding hydrogens is 396 g/mol. The molecular formula is C25H16O6. The number of Topliss-reactive ketones (excluding diaryl/α,β-unsaturated/α-hetero) is 1. The largest absolute Gasteiger partial charge is 0.454 e. The molecule has 6 heteroatoms. The van der Waals surface area contributed by atoms with E-state index in [4.69, 9.17) is 18.9 Å². The van der Waals surface area contributed by atoms with Crippen LogP contribution in [0.5, 0.6) is 23.0 Å². The SMILES string of the molecule is O=C(C=Cc1ccccc1)Oc1ccc2c(c1)OC(=Cc1ccc3c(c1)OCO3)C2=O. The zero-order valence-corrected chi connectivity index (χ0v) is 16.2. The summed E-state index contributed by atoms with van der Waals surface area (Å²) in [4.78, 5) is 24.8. The predicted molar refractivity (Wildman–Crippen MR) is 113 cm³/mol. The minimum Gasteiger partial charge on any atom is -0.454 e. The highest BCUT2D eigenvalue weighted by Crippen LogP contribution is 2.37. The first-order chi connectivity index (χ1) is 15.2. The molecule has 2 heterocycles. The lowest BCUT2D eigenvalue weighted by atomic mass is 10.1. The Labute approximate surface area is 177 Å². The summed E-state index contributed by atoms with van der Waals surface area (Å²) in [5.74, 6) is 1.33. The third-order valence-corrected chi connectivity index (χ3v) is 4.77. The minimum atomic E-state index is -0.524. The molecule has 0 bridgehead atoms. The molecule has 0 N–H and O–H groups in total. The van der Waals surface area contributed by atoms with Gasteiger partial charge in [-0.2, -0.15) is 0 Å². The van der Waals surface area contributed by atoms with Crippen molar-refractivity contribution in [1.82, 2.24) is 0 Å². The molecule has 0 spiro atoms. The maximum atomic E-state index is 12.7. The second-order valence-electron chi connectivity index (χ2n) is 6.88. The number of carbonyl (C=O) groups excluding carboxylic acids is 2. The van der Waals surface area contributed by atoms with Gasteiger partial charge in [0, 0.05) is 12.1 Å². The number of hydrogen-bond acceptors (Lipinski definition) is 6. The van der Waals surface area contributed by atoms with E-state index in [9.17, 15) is 9.59 Å². The van der Waals surface area contributed by atoms with Crippen molar-refractivity contribution >= 4 is 23.9 Å². The molecule has 5 rings (SSSR count). The van der Waals surface area contributed by atoms with Crippen molar-refractivity contribution in [2.75, 3.05) is 6.79 Å². The maximum Gasteiger partial charge on any atom is 0.336 e. The summed E-state index contributed by atoms with van der Waals surface area (Å²) in [6.07, 6.45) is 4.65. The molecule has 152 valence electrons. The molecule has 0 amide bonds. The molecule has 3 aromatic rings. The molecule has 0 fully saturated rings. The van der Waals surface area contributed by atoms with E-state index < -0.39 is 5.97 Å². The average Bonchev–Trinajstić information content (AvgIpc) is 3.37. The molecule has 3 aromatic carbocycles. The number of allylic oxidation sites excluding steroid dienone is 1. The lowest BCUT2D eigenvalue weighted by Gasteiger charge is -2.03. The van der Waals surface area contributed by atoms with Crippen LogP contribution in [0.25, 0.3) is 12.2 Å². The van der Waals surface area contributed by atoms with Gasteiger partial charge in [0.25, 0.3) is 0 Å². The van der Waals surface area contributed by atoms with Crippen molar-refractivity contribution in [2.45, 2.75) is 0 Å². The Balaban J connectivity index is 1.31. The topological polar surface area (TPSA) is 71.1 Å². The van der Waals surface area contributed by atoms with Crippen molar-refractivity contribution in [1.29, 1.82) is 0 Å². The molecule has 0 aromatic heterocycles. The number of hydrogen-bond donors (Lipinski definition) is 0. The van der Waals surface area contributed by atoms with Gasteiger partial charge < -0.3 is 18.9 Å². The van der Waals surface area contributed by atoms with Crippen LogP contribution in [0.3, 0.4) is 0 Å². The zero-order valence-electron chi connectivity index (χ0n) is 16.2. The summed E-state index contributed by atoms with van der Waals surface area (Å²) in [5.41, 5.74) is 2.05. The Hall–Kier alpha value is -4.32. The van der Waals surface area contributed by atoms with Crippen LogP contribution >= 0.6 is 0 Å². The quantitative estimate of drug-likeness (QED) is 0.353. The van der Waals surface area contributed by atoms with Crippen LogP contribution < -0.4 is 18.9 Å². The van der Waals surface area contributed by atoms with E-state index in [1.807, 2.05) is 36.4 Å². The Morgan fingerprint density at radius 1 is 0.871 bits per heavy atom. The minimum absolute atomic E-state index is 0.179. The third-order valence-electron chi connectivity index (χ3n) is 4.77. The lowest BCUT2D eigenvalue weighted by molar-refractivity contribution is -0.128. The first-order valence-corrected chi connectivity index (χ1v) is 9.59. The van der Waals surface area contributed by atoms with Gasteiger partial charge in [-0.25, -0.2) is 4.79 Å². The van der Waals surface area contributed by atoms with Crippen LogP contribution in [0, 0.1) is 0 Å². The van der Waals surface area contributed by atoms with E-state index in [0.29, 0.717) is 28.6 Å². The van der Waals surface area contributed by atoms with Crippen LogP contribution in [0.1, 0.15) is 21.5 Å². The van der Waals surface area contributed by atoms with Crippen molar-refractivity contribution < 1.29 is 28.5 Å². The highest BCUT2D eigenvalue weighted by molar-refractivity contribution is 6.14. The number of carbonyl (C=O) groups is 2. The Kier molecular flexibility index (Phi) is 4.72. The van der Waals surface area contributed by atoms with E-state index >= 15 is 0 Å². The molecule has 0 radical (unpaired) electrons. The first-order valence-electron chi connectivity index (χ1n) is 9.59. The Morgan fingerprint density at radius 3 is 2.58 bits per heavy atom. The number of ketones is 1. The van der Waals surface area contributed by atoms with E-state index in [-0.39, 0.29) is 18.3 Å². The maximum absolute atomic E-state index is 12.7. The molecule has 6 nitrogen and oxygen atoms in total. The van der Waals surface area contributed by atoms with Gasteiger partial charge in [0.2, 0.25) is 12.6 Å². The predicted octanol–water partition coefficient (Wildman–Crippen LogP) is 4.65. The number of fused-ring (bicyclic) bond motifs is 2. The summed E-state index contributed by atoms with van der Waals surface area (Å²) >= 11 is 0. The molecule has 2 aliphatic rings. The van der Waals surface area contributed by atoms with E-state index in [0.717, 1.165) is 11.1 Å². The monoisotopic (exact) mass is 412 g/mol. The fourth-order valence-corrected chi connectivity index (χ4v) is 3.26. The summed E-state index contributed by atoms with van der Waals surface area (Å²) in [6, 6.07) is 19.5. The number of rotatable bonds is 4. The number of ether oxygens (including phenoxy) is 4. The molecule has 0 saturated carbocycles. The highest BCUT2D eigenvalue weighted by Gasteiger charge is 2.28. The van der Waals surface area contributed by atoms with Crippen LogP contribution in [-0.2, 0) is 4.79 Å². The van der Waals surface area contributed by atoms with Crippen molar-refractivity contribution in [2.24, 2.45) is 0 Å². The van der Waals surface area contributed by atoms with Crippen molar-refractivity contribution in [3.8, 4) is 23.0 Å². The normalized spacial score (nSPS) is 15.2. The van der Waals surface area contributed by atoms with Gasteiger partial charge in [0.05, 0.1) is 5.56 Å². The first kappa shape index (κ1) is 18.7. The second kappa shape index (κ2) is 7.84. The standard InChI is InChI=1S/C25H16O6/c26-24(11-7-16-4-2-1-3-5-16)30-18-8-9-19-21(14-18)31-23(25(19)27)13-17-6-10-20-22(12-17)29-15-28-20/h1-14H,15H2. The fourth-order valence-electron chi connectivity index (χ4n) is 3.26. The lowest BCUT2D eigenvalue weighted by Crippen LogP contribution is -2.03. The Morgan fingerprint density at radius 2 is 1.71 bits per heavy atom. The van der Waals surface area contributed by atoms with Gasteiger partial charge >= 0.3 is 5.97 Å². The van der Waals surface area contributed by atoms with E-state index in [1.165, 1.54) is 12.1 Å². The third kappa shape index (κ3) is 3.91. The van der Waals surface area contributed by atoms with Gasteiger partial charge in [-0.1, -0.05) is 36.4 Å². The van der Waals surface area contributed by atoms with Crippen LogP contribution in [0.4, 0.5) is 0 Å². The molecule has 31 heavy (non-hydrogen) atoms. The summed E-state index contributed by atoms with van der Waals surface area (Å²) < 4.78 is 21.7. The average molecular weight is 412 g/mol. The zero-order chi connectivity index (χ0) is 21.2. The van der Waals surface area contributed by atoms with Crippen LogP contribution in [0.15, 0.2) is 78.6 Å². The molecule has 0 saturated heterocycles. The van der Waals surface area contributed by atoms with Gasteiger partial charge in [0.15, 0.2) is 17.3 Å². The fraction of sp³-hybridized carbons (Fsp3) is 0.0400. The summed E-state index contributed by atoms with van der Waals surface area (Å²) in [6.45, 7) is 0.179. The van der Waals surface area contributed by atoms with Crippen molar-refractivity contribution in [3.05, 3.63) is 95.3 Å². The van der Waals surface area contributed by atoms with Gasteiger partial charge in [-0.05, 0) is 47.5 Å². The number of esters is 1. The van der Waals surface area contributed by atoms with Crippen molar-refractivity contribution in [3.63, 3.8) is 0 Å². The van der Waals surface area contributed by atoms with Gasteiger partial charge in [-0.15, -0.1) is 0 Å². The van der Waals surface area contributed by atoms with E-state index in [1.54, 1.807) is 36.4 Å². The Bertz CT molecular complexity index is 1240. The highest BCUT2D eigenvalue weighted by atomic mass is 16.7. The van der Waals surface area contributed by atoms with Crippen LogP contribution in [-0.4, -0.2) is 18.5 Å². The second-order valence-corrected chi connectivity index (χ2v) is 6.88. The molecule has 0 unspecified atom stereocenters. The summed E-state index contributed by atoms with van der Waals surface area (Å²) in [7, 11) is 0. The van der Waals surface area contributed by atoms with Gasteiger partial charge in [-0.3, -0.25) is 4.79 Å². The number of benzene rings is 3. The molecule has 0 atom stereocenters. The summed E-state index contributed by atoms with van der Waals surface area (Å²) in [5, 5.41) is 0. The van der Waals surface area contributed by atoms with Crippen LogP contribution in [0.2, 0.25) is 0 Å².